The van der Waals surface area contributed by atoms with E-state index < -0.39 is 11.7 Å². The van der Waals surface area contributed by atoms with Gasteiger partial charge < -0.3 is 9.64 Å². The Morgan fingerprint density at radius 1 is 1.14 bits per heavy atom. The maximum absolute atomic E-state index is 13.4. The Hall–Kier alpha value is -2.69. The Morgan fingerprint density at radius 3 is 2.69 bits per heavy atom. The predicted molar refractivity (Wildman–Crippen MR) is 96.6 cm³/mol. The molecule has 1 saturated heterocycles. The van der Waals surface area contributed by atoms with Gasteiger partial charge in [-0.15, -0.1) is 0 Å². The summed E-state index contributed by atoms with van der Waals surface area (Å²) in [6.45, 7) is 4.17. The molecule has 0 radical (unpaired) electrons. The third-order valence-electron chi connectivity index (χ3n) is 5.69. The highest BCUT2D eigenvalue weighted by atomic mass is 19.4. The Balaban J connectivity index is 1.58. The van der Waals surface area contributed by atoms with Gasteiger partial charge >= 0.3 is 6.18 Å². The van der Waals surface area contributed by atoms with Crippen LogP contribution in [0.2, 0.25) is 0 Å². The molecule has 1 fully saturated rings. The number of anilines is 1. The quantitative estimate of drug-likeness (QED) is 0.650. The molecule has 0 saturated carbocycles. The van der Waals surface area contributed by atoms with E-state index in [0.717, 1.165) is 36.1 Å². The van der Waals surface area contributed by atoms with Crippen LogP contribution in [-0.2, 0) is 24.0 Å². The van der Waals surface area contributed by atoms with E-state index in [2.05, 4.69) is 15.2 Å². The fourth-order valence-electron chi connectivity index (χ4n) is 4.24. The van der Waals surface area contributed by atoms with Gasteiger partial charge in [-0.25, -0.2) is 14.5 Å². The van der Waals surface area contributed by atoms with Crippen molar-refractivity contribution in [2.24, 2.45) is 0 Å². The first-order valence-corrected chi connectivity index (χ1v) is 9.58. The second-order valence-electron chi connectivity index (χ2n) is 7.42. The van der Waals surface area contributed by atoms with E-state index in [1.165, 1.54) is 11.0 Å². The predicted octanol–water partition coefficient (Wildman–Crippen LogP) is 2.56. The first kappa shape index (κ1) is 18.3. The summed E-state index contributed by atoms with van der Waals surface area (Å²) in [4.78, 5) is 11.1. The van der Waals surface area contributed by atoms with Crippen LogP contribution in [0.1, 0.15) is 41.5 Å². The Morgan fingerprint density at radius 2 is 1.93 bits per heavy atom. The number of hydrogen-bond acceptors (Lipinski definition) is 6. The molecule has 0 amide bonds. The summed E-state index contributed by atoms with van der Waals surface area (Å²) in [6.07, 6.45) is -0.388. The maximum Gasteiger partial charge on any atom is 0.419 e. The molecule has 29 heavy (non-hydrogen) atoms. The zero-order valence-electron chi connectivity index (χ0n) is 15.9. The number of nitrogens with zero attached hydrogens (tertiary/aromatic N) is 7. The van der Waals surface area contributed by atoms with Gasteiger partial charge in [-0.1, -0.05) is 0 Å². The average molecular weight is 407 g/mol. The largest absolute Gasteiger partial charge is 0.419 e. The van der Waals surface area contributed by atoms with Crippen LogP contribution >= 0.6 is 0 Å². The van der Waals surface area contributed by atoms with Gasteiger partial charge in [0.2, 0.25) is 0 Å². The summed E-state index contributed by atoms with van der Waals surface area (Å²) < 4.78 is 48.8. The average Bonchev–Trinajstić information content (AvgIpc) is 3.29. The van der Waals surface area contributed by atoms with Gasteiger partial charge in [-0.2, -0.15) is 23.4 Å². The van der Waals surface area contributed by atoms with Crippen LogP contribution in [0.3, 0.4) is 0 Å². The van der Waals surface area contributed by atoms with Crippen LogP contribution < -0.4 is 4.90 Å². The minimum absolute atomic E-state index is 0.0823. The minimum Gasteiger partial charge on any atom is -0.381 e. The van der Waals surface area contributed by atoms with Gasteiger partial charge in [0.25, 0.3) is 0 Å². The molecule has 0 unspecified atom stereocenters. The van der Waals surface area contributed by atoms with Crippen LogP contribution in [0.5, 0.6) is 0 Å². The molecule has 0 N–H and O–H groups in total. The van der Waals surface area contributed by atoms with Crippen LogP contribution in [0, 0.1) is 6.92 Å². The van der Waals surface area contributed by atoms with Crippen LogP contribution in [0.25, 0.3) is 5.52 Å². The van der Waals surface area contributed by atoms with Gasteiger partial charge in [0.05, 0.1) is 36.2 Å². The molecule has 0 atom stereocenters. The topological polar surface area (TPSA) is 73.4 Å². The van der Waals surface area contributed by atoms with E-state index in [4.69, 9.17) is 9.72 Å². The van der Waals surface area contributed by atoms with E-state index in [-0.39, 0.29) is 18.2 Å². The van der Waals surface area contributed by atoms with E-state index >= 15 is 0 Å². The molecule has 0 spiro atoms. The summed E-state index contributed by atoms with van der Waals surface area (Å²) in [6, 6.07) is 0. The molecule has 3 aromatic rings. The lowest BCUT2D eigenvalue weighted by molar-refractivity contribution is -0.138. The monoisotopic (exact) mass is 407 g/mol. The highest BCUT2D eigenvalue weighted by Crippen LogP contribution is 2.37. The second-order valence-corrected chi connectivity index (χ2v) is 7.42. The van der Waals surface area contributed by atoms with Crippen molar-refractivity contribution >= 4 is 11.3 Å². The standard InChI is InChI=1S/C18H20F3N7O/c1-11-25-15(12-2-6-29-7-3-12)16-17(22-10-24-28(11)16)26-4-5-27-14(9-26)13(8-23-27)18(19,20)21/h8,10,12H,2-7,9H2,1H3. The molecular weight excluding hydrogens is 387 g/mol. The van der Waals surface area contributed by atoms with Crippen LogP contribution in [-0.4, -0.2) is 49.1 Å². The lowest BCUT2D eigenvalue weighted by Gasteiger charge is -2.30. The van der Waals surface area contributed by atoms with E-state index in [0.29, 0.717) is 32.1 Å². The van der Waals surface area contributed by atoms with Crippen molar-refractivity contribution in [3.63, 3.8) is 0 Å². The number of imidazole rings is 1. The number of aryl methyl sites for hydroxylation is 1. The van der Waals surface area contributed by atoms with Crippen molar-refractivity contribution in [2.45, 2.75) is 44.9 Å². The van der Waals surface area contributed by atoms with Gasteiger partial charge in [-0.3, -0.25) is 4.68 Å². The SMILES string of the molecule is Cc1nc(C2CCOCC2)c2c(N3CCn4ncc(C(F)(F)F)c4C3)ncnn12. The Bertz CT molecular complexity index is 1050. The fraction of sp³-hybridized carbons (Fsp3) is 0.556. The summed E-state index contributed by atoms with van der Waals surface area (Å²) in [5.74, 6) is 1.57. The van der Waals surface area contributed by atoms with E-state index in [1.54, 1.807) is 4.52 Å². The first-order valence-electron chi connectivity index (χ1n) is 9.58. The summed E-state index contributed by atoms with van der Waals surface area (Å²) in [5.41, 5.74) is 1.14. The Labute approximate surface area is 164 Å². The number of halogens is 3. The van der Waals surface area contributed by atoms with E-state index in [1.807, 2.05) is 11.8 Å². The highest BCUT2D eigenvalue weighted by molar-refractivity contribution is 5.73. The van der Waals surface area contributed by atoms with Crippen LogP contribution in [0.15, 0.2) is 12.5 Å². The van der Waals surface area contributed by atoms with Crippen molar-refractivity contribution in [3.8, 4) is 0 Å². The molecule has 0 bridgehead atoms. The lowest BCUT2D eigenvalue weighted by Crippen LogP contribution is -2.36. The summed E-state index contributed by atoms with van der Waals surface area (Å²) in [7, 11) is 0. The van der Waals surface area contributed by atoms with Crippen LogP contribution in [0.4, 0.5) is 19.0 Å². The summed E-state index contributed by atoms with van der Waals surface area (Å²) >= 11 is 0. The van der Waals surface area contributed by atoms with Gasteiger partial charge in [0.15, 0.2) is 5.82 Å². The number of rotatable bonds is 2. The van der Waals surface area contributed by atoms with Crippen molar-refractivity contribution in [3.05, 3.63) is 35.3 Å². The fourth-order valence-corrected chi connectivity index (χ4v) is 4.24. The molecule has 2 aliphatic rings. The number of hydrogen-bond donors (Lipinski definition) is 0. The molecule has 5 heterocycles. The molecular formula is C18H20F3N7O. The van der Waals surface area contributed by atoms with Crippen molar-refractivity contribution < 1.29 is 17.9 Å². The third-order valence-corrected chi connectivity index (χ3v) is 5.69. The maximum atomic E-state index is 13.4. The summed E-state index contributed by atoms with van der Waals surface area (Å²) in [5, 5.41) is 8.24. The molecule has 8 nitrogen and oxygen atoms in total. The molecule has 0 aromatic carbocycles. The molecule has 11 heteroatoms. The van der Waals surface area contributed by atoms with Gasteiger partial charge in [-0.05, 0) is 19.8 Å². The number of ether oxygens (including phenoxy) is 1. The first-order chi connectivity index (χ1) is 13.9. The van der Waals surface area contributed by atoms with Crippen molar-refractivity contribution in [1.82, 2.24) is 29.4 Å². The van der Waals surface area contributed by atoms with Gasteiger partial charge in [0, 0.05) is 25.7 Å². The second kappa shape index (κ2) is 6.68. The lowest BCUT2D eigenvalue weighted by atomic mass is 9.96. The zero-order valence-corrected chi connectivity index (χ0v) is 15.9. The highest BCUT2D eigenvalue weighted by Gasteiger charge is 2.38. The molecule has 5 rings (SSSR count). The molecule has 154 valence electrons. The molecule has 2 aliphatic heterocycles. The van der Waals surface area contributed by atoms with Gasteiger partial charge in [0.1, 0.15) is 17.7 Å². The number of alkyl halides is 3. The molecule has 3 aromatic heterocycles. The number of aromatic nitrogens is 6. The van der Waals surface area contributed by atoms with Crippen molar-refractivity contribution in [2.75, 3.05) is 24.7 Å². The number of fused-ring (bicyclic) bond motifs is 2. The minimum atomic E-state index is -4.43. The van der Waals surface area contributed by atoms with E-state index in [9.17, 15) is 13.2 Å². The third kappa shape index (κ3) is 3.04. The molecule has 0 aliphatic carbocycles. The zero-order chi connectivity index (χ0) is 20.2. The smallest absolute Gasteiger partial charge is 0.381 e. The van der Waals surface area contributed by atoms with Crippen molar-refractivity contribution in [1.29, 1.82) is 0 Å². The Kier molecular flexibility index (Phi) is 4.23. The normalized spacial score (nSPS) is 18.4.